The molecule has 0 amide bonds. The Morgan fingerprint density at radius 1 is 0.810 bits per heavy atom. The van der Waals surface area contributed by atoms with E-state index in [2.05, 4.69) is 12.2 Å². The van der Waals surface area contributed by atoms with E-state index in [9.17, 15) is 0 Å². The zero-order chi connectivity index (χ0) is 14.1. The minimum Gasteiger partial charge on any atom is -0.334 e. The SMILES string of the molecule is C1=C[C@@H]2C[C@H]1C[C@@H]2C[NH+]1CCC([NH+]2CCCCCC2)CC1. The van der Waals surface area contributed by atoms with Crippen LogP contribution in [0.4, 0.5) is 0 Å². The summed E-state index contributed by atoms with van der Waals surface area (Å²) in [6, 6.07) is 1.01. The molecule has 0 aromatic carbocycles. The first-order valence-corrected chi connectivity index (χ1v) is 9.75. The third-order valence-corrected chi connectivity index (χ3v) is 6.98. The average Bonchev–Trinajstić information content (AvgIpc) is 3.02. The van der Waals surface area contributed by atoms with Crippen LogP contribution in [0, 0.1) is 17.8 Å². The van der Waals surface area contributed by atoms with Crippen LogP contribution in [-0.4, -0.2) is 38.8 Å². The topological polar surface area (TPSA) is 8.88 Å². The second kappa shape index (κ2) is 6.42. The van der Waals surface area contributed by atoms with Crippen LogP contribution in [0.15, 0.2) is 12.2 Å². The second-order valence-electron chi connectivity index (χ2n) is 8.34. The van der Waals surface area contributed by atoms with Gasteiger partial charge in [0, 0.05) is 18.8 Å². The predicted octanol–water partition coefficient (Wildman–Crippen LogP) is 0.705. The highest BCUT2D eigenvalue weighted by atomic mass is 15.2. The molecule has 2 saturated heterocycles. The Morgan fingerprint density at radius 2 is 1.57 bits per heavy atom. The molecule has 0 aromatic rings. The van der Waals surface area contributed by atoms with Gasteiger partial charge < -0.3 is 9.80 Å². The van der Waals surface area contributed by atoms with Gasteiger partial charge in [-0.1, -0.05) is 12.2 Å². The summed E-state index contributed by atoms with van der Waals surface area (Å²) in [4.78, 5) is 3.90. The number of rotatable bonds is 3. The first-order chi connectivity index (χ1) is 10.4. The maximum atomic E-state index is 2.53. The molecule has 0 spiro atoms. The fraction of sp³-hybridized carbons (Fsp3) is 0.895. The number of allylic oxidation sites excluding steroid dienone is 2. The summed E-state index contributed by atoms with van der Waals surface area (Å²) in [6.45, 7) is 7.35. The molecule has 0 unspecified atom stereocenters. The van der Waals surface area contributed by atoms with Gasteiger partial charge in [0.05, 0.1) is 38.8 Å². The third-order valence-electron chi connectivity index (χ3n) is 6.98. The lowest BCUT2D eigenvalue weighted by atomic mass is 9.92. The summed E-state index contributed by atoms with van der Waals surface area (Å²) < 4.78 is 0. The molecule has 2 N–H and O–H groups in total. The molecule has 118 valence electrons. The van der Waals surface area contributed by atoms with Gasteiger partial charge in [-0.3, -0.25) is 0 Å². The van der Waals surface area contributed by atoms with E-state index in [0.717, 1.165) is 23.8 Å². The van der Waals surface area contributed by atoms with Crippen molar-refractivity contribution in [2.75, 3.05) is 32.7 Å². The molecule has 0 radical (unpaired) electrons. The Bertz CT molecular complexity index is 362. The van der Waals surface area contributed by atoms with Crippen molar-refractivity contribution in [3.05, 3.63) is 12.2 Å². The lowest BCUT2D eigenvalue weighted by molar-refractivity contribution is -0.958. The molecule has 1 saturated carbocycles. The predicted molar refractivity (Wildman–Crippen MR) is 86.6 cm³/mol. The Balaban J connectivity index is 1.24. The molecule has 2 aliphatic carbocycles. The maximum absolute atomic E-state index is 2.53. The van der Waals surface area contributed by atoms with E-state index in [4.69, 9.17) is 0 Å². The molecule has 3 atom stereocenters. The molecule has 2 aliphatic heterocycles. The van der Waals surface area contributed by atoms with Gasteiger partial charge in [-0.2, -0.15) is 0 Å². The summed E-state index contributed by atoms with van der Waals surface area (Å²) >= 11 is 0. The molecule has 3 fully saturated rings. The van der Waals surface area contributed by atoms with E-state index >= 15 is 0 Å². The van der Waals surface area contributed by atoms with Gasteiger partial charge in [0.25, 0.3) is 0 Å². The number of hydrogen-bond acceptors (Lipinski definition) is 0. The van der Waals surface area contributed by atoms with Crippen molar-refractivity contribution in [1.82, 2.24) is 0 Å². The van der Waals surface area contributed by atoms with Gasteiger partial charge in [-0.15, -0.1) is 0 Å². The number of piperidine rings is 1. The fourth-order valence-electron chi connectivity index (χ4n) is 5.73. The van der Waals surface area contributed by atoms with Crippen LogP contribution >= 0.6 is 0 Å². The van der Waals surface area contributed by atoms with E-state index < -0.39 is 0 Å². The molecule has 2 bridgehead atoms. The minimum absolute atomic E-state index is 0.955. The van der Waals surface area contributed by atoms with Crippen molar-refractivity contribution in [2.24, 2.45) is 17.8 Å². The summed E-state index contributed by atoms with van der Waals surface area (Å²) in [7, 11) is 0. The van der Waals surface area contributed by atoms with Crippen LogP contribution in [-0.2, 0) is 0 Å². The molecular weight excluding hydrogens is 256 g/mol. The number of quaternary nitrogens is 2. The Kier molecular flexibility index (Phi) is 4.36. The van der Waals surface area contributed by atoms with Crippen LogP contribution in [0.1, 0.15) is 51.4 Å². The minimum atomic E-state index is 0.955. The zero-order valence-electron chi connectivity index (χ0n) is 13.7. The van der Waals surface area contributed by atoms with Gasteiger partial charge in [-0.25, -0.2) is 0 Å². The van der Waals surface area contributed by atoms with Crippen molar-refractivity contribution in [2.45, 2.75) is 57.4 Å². The van der Waals surface area contributed by atoms with Crippen LogP contribution in [0.3, 0.4) is 0 Å². The van der Waals surface area contributed by atoms with E-state index in [1.165, 1.54) is 84.1 Å². The zero-order valence-corrected chi connectivity index (χ0v) is 13.7. The highest BCUT2D eigenvalue weighted by Gasteiger charge is 2.39. The van der Waals surface area contributed by atoms with Crippen LogP contribution in [0.2, 0.25) is 0 Å². The summed E-state index contributed by atoms with van der Waals surface area (Å²) in [6.07, 6.45) is 17.0. The molecule has 4 aliphatic rings. The van der Waals surface area contributed by atoms with Crippen molar-refractivity contribution in [1.29, 1.82) is 0 Å². The second-order valence-corrected chi connectivity index (χ2v) is 8.34. The van der Waals surface area contributed by atoms with E-state index in [-0.39, 0.29) is 0 Å². The summed E-state index contributed by atoms with van der Waals surface area (Å²) in [5, 5.41) is 0. The molecule has 21 heavy (non-hydrogen) atoms. The van der Waals surface area contributed by atoms with Crippen molar-refractivity contribution >= 4 is 0 Å². The van der Waals surface area contributed by atoms with Gasteiger partial charge in [0.1, 0.15) is 0 Å². The summed E-state index contributed by atoms with van der Waals surface area (Å²) in [5.41, 5.74) is 0. The number of likely N-dealkylation sites (tertiary alicyclic amines) is 2. The van der Waals surface area contributed by atoms with Crippen LogP contribution in [0.5, 0.6) is 0 Å². The third kappa shape index (κ3) is 3.22. The Hall–Kier alpha value is -0.340. The normalized spacial score (nSPS) is 44.1. The molecule has 2 heterocycles. The van der Waals surface area contributed by atoms with Crippen molar-refractivity contribution in [3.63, 3.8) is 0 Å². The highest BCUT2D eigenvalue weighted by molar-refractivity contribution is 5.09. The van der Waals surface area contributed by atoms with Gasteiger partial charge in [0.15, 0.2) is 0 Å². The fourth-order valence-corrected chi connectivity index (χ4v) is 5.73. The highest BCUT2D eigenvalue weighted by Crippen LogP contribution is 2.42. The molecule has 4 rings (SSSR count). The van der Waals surface area contributed by atoms with E-state index in [1.54, 1.807) is 0 Å². The first kappa shape index (κ1) is 14.3. The lowest BCUT2D eigenvalue weighted by Gasteiger charge is -2.35. The number of fused-ring (bicyclic) bond motifs is 2. The standard InChI is InChI=1S/C19H32N2/c1-2-4-10-21(9-3-1)19-7-11-20(12-8-19)15-18-14-16-5-6-17(18)13-16/h5-6,16-19H,1-4,7-15H2/p+2/t16-,17+,18+/m0/s1. The largest absolute Gasteiger partial charge is 0.334 e. The van der Waals surface area contributed by atoms with Crippen molar-refractivity contribution in [3.8, 4) is 0 Å². The molecule has 0 aromatic heterocycles. The van der Waals surface area contributed by atoms with Crippen LogP contribution in [0.25, 0.3) is 0 Å². The first-order valence-electron chi connectivity index (χ1n) is 9.75. The summed E-state index contributed by atoms with van der Waals surface area (Å²) in [5.74, 6) is 2.94. The van der Waals surface area contributed by atoms with Crippen molar-refractivity contribution < 1.29 is 9.80 Å². The molecular formula is C19H34N2+2. The number of hydrogen-bond donors (Lipinski definition) is 2. The Labute approximate surface area is 130 Å². The molecule has 2 heteroatoms. The Morgan fingerprint density at radius 3 is 2.19 bits per heavy atom. The monoisotopic (exact) mass is 290 g/mol. The van der Waals surface area contributed by atoms with Gasteiger partial charge in [-0.05, 0) is 50.4 Å². The quantitative estimate of drug-likeness (QED) is 0.708. The van der Waals surface area contributed by atoms with Gasteiger partial charge in [0.2, 0.25) is 0 Å². The smallest absolute Gasteiger partial charge is 0.0983 e. The molecule has 2 nitrogen and oxygen atoms in total. The number of nitrogens with one attached hydrogen (secondary N) is 2. The van der Waals surface area contributed by atoms with Crippen LogP contribution < -0.4 is 9.80 Å². The van der Waals surface area contributed by atoms with E-state index in [1.807, 2.05) is 9.80 Å². The lowest BCUT2D eigenvalue weighted by Crippen LogP contribution is -3.20. The van der Waals surface area contributed by atoms with Gasteiger partial charge >= 0.3 is 0 Å². The van der Waals surface area contributed by atoms with E-state index in [0.29, 0.717) is 0 Å². The average molecular weight is 290 g/mol. The maximum Gasteiger partial charge on any atom is 0.0983 e.